The molecule has 0 amide bonds. The number of benzene rings is 1. The van der Waals surface area contributed by atoms with E-state index in [0.717, 1.165) is 12.1 Å². The van der Waals surface area contributed by atoms with Crippen LogP contribution in [0.15, 0.2) is 18.2 Å². The van der Waals surface area contributed by atoms with Crippen molar-refractivity contribution in [2.24, 2.45) is 7.05 Å². The van der Waals surface area contributed by atoms with E-state index in [1.165, 1.54) is 10.7 Å². The highest BCUT2D eigenvalue weighted by molar-refractivity contribution is 5.83. The Hall–Kier alpha value is -2.11. The molecule has 0 aliphatic heterocycles. The van der Waals surface area contributed by atoms with Gasteiger partial charge in [0.05, 0.1) is 0 Å². The molecule has 0 saturated heterocycles. The first kappa shape index (κ1) is 10.4. The maximum absolute atomic E-state index is 13.0. The fourth-order valence-electron chi connectivity index (χ4n) is 1.35. The second-order valence-electron chi connectivity index (χ2n) is 3.19. The molecule has 1 aromatic carbocycles. The highest BCUT2D eigenvalue weighted by Crippen LogP contribution is 2.21. The minimum atomic E-state index is -0.986. The summed E-state index contributed by atoms with van der Waals surface area (Å²) in [5.74, 6) is -1.93. The van der Waals surface area contributed by atoms with Crippen molar-refractivity contribution in [3.05, 3.63) is 35.5 Å². The Balaban J connectivity index is 2.58. The number of rotatable bonds is 2. The van der Waals surface area contributed by atoms with E-state index in [1.54, 1.807) is 7.05 Å². The summed E-state index contributed by atoms with van der Waals surface area (Å²) in [5.41, 5.74) is 0.761. The van der Waals surface area contributed by atoms with Crippen LogP contribution in [0.5, 0.6) is 0 Å². The molecular weight excluding hydrogens is 216 g/mol. The zero-order chi connectivity index (χ0) is 11.7. The standard InChI is InChI=1S/C10H7F2N3O/c1-15-9(5-16)10(13-14-15)6-2-3-7(11)8(12)4-6/h2-5H,1H3. The van der Waals surface area contributed by atoms with Crippen molar-refractivity contribution in [2.45, 2.75) is 0 Å². The monoisotopic (exact) mass is 223 g/mol. The molecule has 2 aromatic rings. The third-order valence-electron chi connectivity index (χ3n) is 2.17. The van der Waals surface area contributed by atoms with Gasteiger partial charge in [0.25, 0.3) is 0 Å². The number of carbonyl (C=O) groups is 1. The maximum atomic E-state index is 13.0. The van der Waals surface area contributed by atoms with Gasteiger partial charge in [0.15, 0.2) is 17.9 Å². The summed E-state index contributed by atoms with van der Waals surface area (Å²) >= 11 is 0. The Morgan fingerprint density at radius 3 is 2.69 bits per heavy atom. The van der Waals surface area contributed by atoms with Gasteiger partial charge in [0.2, 0.25) is 0 Å². The molecule has 0 radical (unpaired) electrons. The average molecular weight is 223 g/mol. The van der Waals surface area contributed by atoms with Crippen LogP contribution in [-0.4, -0.2) is 21.3 Å². The van der Waals surface area contributed by atoms with Gasteiger partial charge in [-0.3, -0.25) is 4.79 Å². The largest absolute Gasteiger partial charge is 0.296 e. The van der Waals surface area contributed by atoms with Crippen molar-refractivity contribution in [1.82, 2.24) is 15.0 Å². The Kier molecular flexibility index (Phi) is 2.47. The molecule has 0 aliphatic carbocycles. The molecule has 0 bridgehead atoms. The summed E-state index contributed by atoms with van der Waals surface area (Å²) in [6.45, 7) is 0. The van der Waals surface area contributed by atoms with Crippen LogP contribution in [0.4, 0.5) is 8.78 Å². The zero-order valence-corrected chi connectivity index (χ0v) is 8.32. The van der Waals surface area contributed by atoms with Crippen LogP contribution in [0.2, 0.25) is 0 Å². The summed E-state index contributed by atoms with van der Waals surface area (Å²) in [5, 5.41) is 7.36. The Morgan fingerprint density at radius 1 is 1.31 bits per heavy atom. The molecule has 82 valence electrons. The Bertz CT molecular complexity index is 551. The number of carbonyl (C=O) groups excluding carboxylic acids is 1. The fourth-order valence-corrected chi connectivity index (χ4v) is 1.35. The van der Waals surface area contributed by atoms with Gasteiger partial charge in [-0.05, 0) is 18.2 Å². The van der Waals surface area contributed by atoms with Gasteiger partial charge in [-0.25, -0.2) is 13.5 Å². The van der Waals surface area contributed by atoms with Crippen LogP contribution >= 0.6 is 0 Å². The number of aromatic nitrogens is 3. The topological polar surface area (TPSA) is 47.8 Å². The molecule has 4 nitrogen and oxygen atoms in total. The molecule has 2 rings (SSSR count). The van der Waals surface area contributed by atoms with E-state index in [-0.39, 0.29) is 11.4 Å². The number of aryl methyl sites for hydroxylation is 1. The Morgan fingerprint density at radius 2 is 2.06 bits per heavy atom. The van der Waals surface area contributed by atoms with Crippen molar-refractivity contribution >= 4 is 6.29 Å². The smallest absolute Gasteiger partial charge is 0.170 e. The van der Waals surface area contributed by atoms with Crippen molar-refractivity contribution in [2.75, 3.05) is 0 Å². The lowest BCUT2D eigenvalue weighted by Gasteiger charge is -1.99. The normalized spacial score (nSPS) is 10.4. The van der Waals surface area contributed by atoms with Crippen LogP contribution in [0.3, 0.4) is 0 Å². The van der Waals surface area contributed by atoms with Crippen LogP contribution in [-0.2, 0) is 7.05 Å². The third-order valence-corrected chi connectivity index (χ3v) is 2.17. The van der Waals surface area contributed by atoms with Gasteiger partial charge in [0.1, 0.15) is 11.4 Å². The number of hydrogen-bond donors (Lipinski definition) is 0. The molecule has 1 aromatic heterocycles. The first-order valence-electron chi connectivity index (χ1n) is 4.43. The lowest BCUT2D eigenvalue weighted by molar-refractivity contribution is 0.111. The molecule has 6 heteroatoms. The SMILES string of the molecule is Cn1nnc(-c2ccc(F)c(F)c2)c1C=O. The molecule has 1 heterocycles. The zero-order valence-electron chi connectivity index (χ0n) is 8.32. The van der Waals surface area contributed by atoms with Crippen molar-refractivity contribution < 1.29 is 13.6 Å². The van der Waals surface area contributed by atoms with Gasteiger partial charge >= 0.3 is 0 Å². The minimum Gasteiger partial charge on any atom is -0.296 e. The minimum absolute atomic E-state index is 0.214. The predicted octanol–water partition coefficient (Wildman–Crippen LogP) is 1.57. The lowest BCUT2D eigenvalue weighted by atomic mass is 10.1. The number of halogens is 2. The molecular formula is C10H7F2N3O. The van der Waals surface area contributed by atoms with Gasteiger partial charge in [-0.2, -0.15) is 0 Å². The van der Waals surface area contributed by atoms with Crippen LogP contribution in [0.1, 0.15) is 10.5 Å². The van der Waals surface area contributed by atoms with E-state index in [4.69, 9.17) is 0 Å². The van der Waals surface area contributed by atoms with Gasteiger partial charge in [-0.1, -0.05) is 5.21 Å². The molecule has 0 unspecified atom stereocenters. The molecule has 0 atom stereocenters. The van der Waals surface area contributed by atoms with Crippen molar-refractivity contribution in [3.63, 3.8) is 0 Å². The van der Waals surface area contributed by atoms with E-state index in [0.29, 0.717) is 11.8 Å². The van der Waals surface area contributed by atoms with Crippen molar-refractivity contribution in [3.8, 4) is 11.3 Å². The first-order valence-corrected chi connectivity index (χ1v) is 4.43. The third kappa shape index (κ3) is 1.58. The summed E-state index contributed by atoms with van der Waals surface area (Å²) in [6.07, 6.45) is 0.566. The van der Waals surface area contributed by atoms with Gasteiger partial charge in [-0.15, -0.1) is 5.10 Å². The van der Waals surface area contributed by atoms with E-state index in [1.807, 2.05) is 0 Å². The first-order chi connectivity index (χ1) is 7.63. The summed E-state index contributed by atoms with van der Waals surface area (Å²) in [6, 6.07) is 3.30. The molecule has 0 N–H and O–H groups in total. The highest BCUT2D eigenvalue weighted by atomic mass is 19.2. The molecule has 0 fully saturated rings. The van der Waals surface area contributed by atoms with E-state index in [9.17, 15) is 13.6 Å². The van der Waals surface area contributed by atoms with Crippen molar-refractivity contribution in [1.29, 1.82) is 0 Å². The average Bonchev–Trinajstić information content (AvgIpc) is 2.63. The molecule has 16 heavy (non-hydrogen) atoms. The second kappa shape index (κ2) is 3.80. The number of aldehydes is 1. The van der Waals surface area contributed by atoms with Crippen LogP contribution in [0.25, 0.3) is 11.3 Å². The van der Waals surface area contributed by atoms with Gasteiger partial charge in [0, 0.05) is 12.6 Å². The molecule has 0 spiro atoms. The molecule has 0 saturated carbocycles. The summed E-state index contributed by atoms with van der Waals surface area (Å²) in [7, 11) is 1.54. The lowest BCUT2D eigenvalue weighted by Crippen LogP contribution is -1.97. The quantitative estimate of drug-likeness (QED) is 0.726. The summed E-state index contributed by atoms with van der Waals surface area (Å²) in [4.78, 5) is 10.8. The highest BCUT2D eigenvalue weighted by Gasteiger charge is 2.13. The van der Waals surface area contributed by atoms with Gasteiger partial charge < -0.3 is 0 Å². The number of nitrogens with zero attached hydrogens (tertiary/aromatic N) is 3. The van der Waals surface area contributed by atoms with Crippen LogP contribution < -0.4 is 0 Å². The second-order valence-corrected chi connectivity index (χ2v) is 3.19. The Labute approximate surface area is 89.5 Å². The van der Waals surface area contributed by atoms with E-state index >= 15 is 0 Å². The summed E-state index contributed by atoms with van der Waals surface area (Å²) < 4.78 is 27.0. The fraction of sp³-hybridized carbons (Fsp3) is 0.100. The van der Waals surface area contributed by atoms with E-state index < -0.39 is 11.6 Å². The van der Waals surface area contributed by atoms with Crippen LogP contribution in [0, 0.1) is 11.6 Å². The van der Waals surface area contributed by atoms with E-state index in [2.05, 4.69) is 10.3 Å². The molecule has 0 aliphatic rings. The number of hydrogen-bond acceptors (Lipinski definition) is 3. The maximum Gasteiger partial charge on any atom is 0.170 e. The predicted molar refractivity (Wildman–Crippen MR) is 51.7 cm³/mol.